The van der Waals surface area contributed by atoms with Crippen molar-refractivity contribution < 1.29 is 28.9 Å². The topological polar surface area (TPSA) is 82.1 Å². The second-order valence-electron chi connectivity index (χ2n) is 7.48. The van der Waals surface area contributed by atoms with Gasteiger partial charge in [0.05, 0.1) is 24.1 Å². The molecule has 32 heavy (non-hydrogen) atoms. The lowest BCUT2D eigenvalue weighted by molar-refractivity contribution is -0.135. The first-order valence-corrected chi connectivity index (χ1v) is 10.3. The first-order valence-electron chi connectivity index (χ1n) is 9.89. The van der Waals surface area contributed by atoms with Crippen LogP contribution in [0.2, 0.25) is 5.02 Å². The van der Waals surface area contributed by atoms with Crippen LogP contribution in [0.4, 0.5) is 0 Å². The third kappa shape index (κ3) is 3.29. The van der Waals surface area contributed by atoms with Gasteiger partial charge in [-0.3, -0.25) is 9.59 Å². The Bertz CT molecular complexity index is 1310. The number of carbonyl (C=O) groups is 2. The van der Waals surface area contributed by atoms with Gasteiger partial charge in [-0.25, -0.2) is 0 Å². The fourth-order valence-corrected chi connectivity index (χ4v) is 4.25. The number of fused-ring (bicyclic) bond motifs is 3. The van der Waals surface area contributed by atoms with E-state index in [1.165, 1.54) is 6.07 Å². The molecule has 0 aliphatic carbocycles. The summed E-state index contributed by atoms with van der Waals surface area (Å²) in [4.78, 5) is 25.4. The molecule has 0 radical (unpaired) electrons. The Kier molecular flexibility index (Phi) is 4.87. The van der Waals surface area contributed by atoms with E-state index in [1.807, 2.05) is 18.2 Å². The van der Waals surface area contributed by atoms with Crippen molar-refractivity contribution in [2.24, 2.45) is 0 Å². The molecule has 1 atom stereocenters. The Morgan fingerprint density at radius 1 is 1.09 bits per heavy atom. The third-order valence-electron chi connectivity index (χ3n) is 5.58. The minimum Gasteiger partial charge on any atom is -0.506 e. The van der Waals surface area contributed by atoms with Crippen molar-refractivity contribution in [2.45, 2.75) is 12.3 Å². The summed E-state index contributed by atoms with van der Waals surface area (Å²) in [7, 11) is 1.56. The van der Waals surface area contributed by atoms with Gasteiger partial charge in [0, 0.05) is 17.0 Å². The van der Waals surface area contributed by atoms with Crippen LogP contribution in [0.25, 0.3) is 6.08 Å². The SMILES string of the molecule is COc1ccccc1C=C1Oc2c(ccc3c2C(c2ccc(O)c(Cl)c2)CC(=O)O3)C1=O. The number of methoxy groups -OCH3 is 1. The second kappa shape index (κ2) is 7.73. The molecule has 0 aromatic heterocycles. The number of para-hydroxylation sites is 1. The van der Waals surface area contributed by atoms with E-state index in [-0.39, 0.29) is 28.7 Å². The van der Waals surface area contributed by atoms with Crippen LogP contribution in [0.1, 0.15) is 39.4 Å². The predicted molar refractivity (Wildman–Crippen MR) is 118 cm³/mol. The number of ketones is 1. The van der Waals surface area contributed by atoms with Crippen LogP contribution >= 0.6 is 11.6 Å². The lowest BCUT2D eigenvalue weighted by Crippen LogP contribution is -2.21. The number of ether oxygens (including phenoxy) is 3. The number of allylic oxidation sites excluding steroid dienone is 1. The van der Waals surface area contributed by atoms with Gasteiger partial charge in [0.15, 0.2) is 5.76 Å². The molecule has 0 saturated heterocycles. The van der Waals surface area contributed by atoms with Crippen molar-refractivity contribution in [1.29, 1.82) is 0 Å². The summed E-state index contributed by atoms with van der Waals surface area (Å²) in [6.07, 6.45) is 1.68. The van der Waals surface area contributed by atoms with Crippen LogP contribution in [-0.2, 0) is 4.79 Å². The van der Waals surface area contributed by atoms with Crippen molar-refractivity contribution in [2.75, 3.05) is 7.11 Å². The highest BCUT2D eigenvalue weighted by Gasteiger charge is 2.38. The highest BCUT2D eigenvalue weighted by molar-refractivity contribution is 6.32. The fraction of sp³-hybridized carbons (Fsp3) is 0.120. The summed E-state index contributed by atoms with van der Waals surface area (Å²) in [6, 6.07) is 15.3. The highest BCUT2D eigenvalue weighted by atomic mass is 35.5. The average molecular weight is 449 g/mol. The molecule has 0 saturated carbocycles. The Morgan fingerprint density at radius 3 is 2.69 bits per heavy atom. The summed E-state index contributed by atoms with van der Waals surface area (Å²) in [5.74, 6) is 0.278. The van der Waals surface area contributed by atoms with Gasteiger partial charge in [-0.2, -0.15) is 0 Å². The van der Waals surface area contributed by atoms with E-state index in [1.54, 1.807) is 43.5 Å². The molecule has 0 amide bonds. The van der Waals surface area contributed by atoms with Crippen LogP contribution < -0.4 is 14.2 Å². The van der Waals surface area contributed by atoms with E-state index in [4.69, 9.17) is 25.8 Å². The fourth-order valence-electron chi connectivity index (χ4n) is 4.06. The quantitative estimate of drug-likeness (QED) is 0.340. The number of hydrogen-bond donors (Lipinski definition) is 1. The molecule has 2 heterocycles. The number of carbonyl (C=O) groups excluding carboxylic acids is 2. The molecule has 3 aromatic carbocycles. The van der Waals surface area contributed by atoms with E-state index >= 15 is 0 Å². The molecule has 5 rings (SSSR count). The van der Waals surface area contributed by atoms with Gasteiger partial charge in [0.25, 0.3) is 0 Å². The summed E-state index contributed by atoms with van der Waals surface area (Å²) in [5.41, 5.74) is 2.39. The van der Waals surface area contributed by atoms with Gasteiger partial charge in [-0.1, -0.05) is 35.9 Å². The zero-order chi connectivity index (χ0) is 22.4. The molecule has 0 fully saturated rings. The zero-order valence-electron chi connectivity index (χ0n) is 16.9. The number of phenols is 1. The normalized spacial score (nSPS) is 18.1. The van der Waals surface area contributed by atoms with Crippen molar-refractivity contribution >= 4 is 29.4 Å². The predicted octanol–water partition coefficient (Wildman–Crippen LogP) is 5.11. The number of esters is 1. The summed E-state index contributed by atoms with van der Waals surface area (Å²) >= 11 is 6.11. The maximum absolute atomic E-state index is 13.1. The maximum atomic E-state index is 13.1. The van der Waals surface area contributed by atoms with Crippen LogP contribution in [0.3, 0.4) is 0 Å². The Balaban J connectivity index is 1.62. The average Bonchev–Trinajstić information content (AvgIpc) is 3.10. The maximum Gasteiger partial charge on any atom is 0.312 e. The van der Waals surface area contributed by atoms with Gasteiger partial charge in [0.2, 0.25) is 5.78 Å². The standard InChI is InChI=1S/C25H17ClO6/c1-30-19-5-3-2-4-14(19)11-21-24(29)15-7-9-20-23(25(15)32-21)16(12-22(28)31-20)13-6-8-18(27)17(26)10-13/h2-11,16,27H,12H2,1H3. The number of hydrogen-bond acceptors (Lipinski definition) is 6. The highest BCUT2D eigenvalue weighted by Crippen LogP contribution is 2.49. The molecule has 7 heteroatoms. The lowest BCUT2D eigenvalue weighted by atomic mass is 9.84. The first-order chi connectivity index (χ1) is 15.5. The monoisotopic (exact) mass is 448 g/mol. The van der Waals surface area contributed by atoms with Gasteiger partial charge < -0.3 is 19.3 Å². The van der Waals surface area contributed by atoms with Crippen molar-refractivity contribution in [3.63, 3.8) is 0 Å². The summed E-state index contributed by atoms with van der Waals surface area (Å²) < 4.78 is 16.8. The Labute approximate surface area is 188 Å². The lowest BCUT2D eigenvalue weighted by Gasteiger charge is -2.26. The summed E-state index contributed by atoms with van der Waals surface area (Å²) in [6.45, 7) is 0. The summed E-state index contributed by atoms with van der Waals surface area (Å²) in [5, 5.41) is 9.96. The number of benzene rings is 3. The van der Waals surface area contributed by atoms with E-state index < -0.39 is 11.9 Å². The van der Waals surface area contributed by atoms with E-state index in [9.17, 15) is 14.7 Å². The van der Waals surface area contributed by atoms with Crippen molar-refractivity contribution in [3.8, 4) is 23.0 Å². The second-order valence-corrected chi connectivity index (χ2v) is 7.88. The molecule has 1 unspecified atom stereocenters. The van der Waals surface area contributed by atoms with E-state index in [0.717, 1.165) is 0 Å². The molecule has 6 nitrogen and oxygen atoms in total. The van der Waals surface area contributed by atoms with Crippen LogP contribution in [0.5, 0.6) is 23.0 Å². The molecule has 2 aliphatic heterocycles. The molecule has 0 bridgehead atoms. The number of rotatable bonds is 3. The van der Waals surface area contributed by atoms with E-state index in [0.29, 0.717) is 39.5 Å². The molecule has 2 aliphatic rings. The number of Topliss-reactive ketones (excluding diaryl/α,β-unsaturated/α-hetero) is 1. The van der Waals surface area contributed by atoms with Crippen molar-refractivity contribution in [1.82, 2.24) is 0 Å². The van der Waals surface area contributed by atoms with Gasteiger partial charge in [0.1, 0.15) is 23.0 Å². The number of aromatic hydroxyl groups is 1. The zero-order valence-corrected chi connectivity index (χ0v) is 17.7. The number of phenolic OH excluding ortho intramolecular Hbond substituents is 1. The van der Waals surface area contributed by atoms with Gasteiger partial charge >= 0.3 is 5.97 Å². The Morgan fingerprint density at radius 2 is 1.91 bits per heavy atom. The minimum atomic E-state index is -0.447. The minimum absolute atomic E-state index is 0.0493. The molecule has 3 aromatic rings. The van der Waals surface area contributed by atoms with E-state index in [2.05, 4.69) is 0 Å². The molecular formula is C25H17ClO6. The van der Waals surface area contributed by atoms with Crippen LogP contribution in [0.15, 0.2) is 60.4 Å². The molecule has 0 spiro atoms. The largest absolute Gasteiger partial charge is 0.506 e. The van der Waals surface area contributed by atoms with Gasteiger partial charge in [-0.15, -0.1) is 0 Å². The molecule has 1 N–H and O–H groups in total. The molecular weight excluding hydrogens is 432 g/mol. The third-order valence-corrected chi connectivity index (χ3v) is 5.88. The smallest absolute Gasteiger partial charge is 0.312 e. The molecule has 160 valence electrons. The Hall–Kier alpha value is -3.77. The van der Waals surface area contributed by atoms with Crippen molar-refractivity contribution in [3.05, 3.63) is 87.6 Å². The van der Waals surface area contributed by atoms with Crippen LogP contribution in [-0.4, -0.2) is 24.0 Å². The van der Waals surface area contributed by atoms with Gasteiger partial charge in [-0.05, 0) is 42.0 Å². The van der Waals surface area contributed by atoms with Crippen LogP contribution in [0, 0.1) is 0 Å². The first kappa shape index (κ1) is 20.2. The number of halogens is 1.